The van der Waals surface area contributed by atoms with Gasteiger partial charge in [0.05, 0.1) is 20.4 Å². The lowest BCUT2D eigenvalue weighted by Crippen LogP contribution is -2.38. The molecule has 0 unspecified atom stereocenters. The van der Waals surface area contributed by atoms with Crippen LogP contribution in [0.2, 0.25) is 0 Å². The molecule has 0 bridgehead atoms. The second-order valence-electron chi connectivity index (χ2n) is 7.56. The van der Waals surface area contributed by atoms with E-state index in [1.807, 2.05) is 0 Å². The molecule has 1 aliphatic carbocycles. The van der Waals surface area contributed by atoms with Crippen LogP contribution in [0, 0.1) is 0 Å². The van der Waals surface area contributed by atoms with E-state index in [0.717, 1.165) is 18.4 Å². The van der Waals surface area contributed by atoms with Crippen LogP contribution in [0.4, 0.5) is 0 Å². The molecule has 2 aromatic carbocycles. The van der Waals surface area contributed by atoms with Gasteiger partial charge in [-0.2, -0.15) is 5.10 Å². The van der Waals surface area contributed by atoms with Crippen molar-refractivity contribution >= 4 is 18.0 Å². The van der Waals surface area contributed by atoms with Gasteiger partial charge in [-0.3, -0.25) is 9.59 Å². The molecule has 0 spiro atoms. The number of methoxy groups -OCH3 is 2. The van der Waals surface area contributed by atoms with Crippen molar-refractivity contribution in [3.8, 4) is 17.2 Å². The van der Waals surface area contributed by atoms with Gasteiger partial charge in [-0.1, -0.05) is 19.3 Å². The van der Waals surface area contributed by atoms with Gasteiger partial charge >= 0.3 is 0 Å². The van der Waals surface area contributed by atoms with Crippen LogP contribution in [0.25, 0.3) is 0 Å². The molecule has 0 radical (unpaired) electrons. The Labute approximate surface area is 187 Å². The molecular weight excluding hydrogens is 410 g/mol. The van der Waals surface area contributed by atoms with E-state index in [1.165, 1.54) is 39.7 Å². The number of hydrazone groups is 1. The van der Waals surface area contributed by atoms with Gasteiger partial charge in [0.15, 0.2) is 6.61 Å². The summed E-state index contributed by atoms with van der Waals surface area (Å²) in [5, 5.41) is 7.01. The Balaban J connectivity index is 1.46. The number of hydrogen-bond donors (Lipinski definition) is 2. The highest BCUT2D eigenvalue weighted by molar-refractivity contribution is 5.95. The number of nitrogens with one attached hydrogen (secondary N) is 2. The molecule has 0 heterocycles. The van der Waals surface area contributed by atoms with Crippen molar-refractivity contribution in [3.63, 3.8) is 0 Å². The van der Waals surface area contributed by atoms with Crippen LogP contribution in [0.1, 0.15) is 48.0 Å². The van der Waals surface area contributed by atoms with E-state index < -0.39 is 0 Å². The highest BCUT2D eigenvalue weighted by atomic mass is 16.5. The van der Waals surface area contributed by atoms with Crippen LogP contribution < -0.4 is 25.0 Å². The van der Waals surface area contributed by atoms with Crippen LogP contribution in [0.5, 0.6) is 17.2 Å². The molecule has 32 heavy (non-hydrogen) atoms. The average Bonchev–Trinajstić information content (AvgIpc) is 2.83. The second kappa shape index (κ2) is 11.7. The first-order valence-electron chi connectivity index (χ1n) is 10.7. The van der Waals surface area contributed by atoms with Gasteiger partial charge in [-0.25, -0.2) is 5.43 Å². The van der Waals surface area contributed by atoms with Gasteiger partial charge in [0.25, 0.3) is 11.8 Å². The summed E-state index contributed by atoms with van der Waals surface area (Å²) < 4.78 is 15.9. The number of benzene rings is 2. The smallest absolute Gasteiger partial charge is 0.271 e. The standard InChI is InChI=1S/C24H29N3O5/c1-30-21-12-18(13-22(14-21)31-2)24(29)27-25-15-17-8-10-20(11-9-17)32-16-23(28)26-19-6-4-3-5-7-19/h8-15,19H,3-7,16H2,1-2H3,(H,26,28)(H,27,29)/b25-15+. The van der Waals surface area contributed by atoms with E-state index in [-0.39, 0.29) is 24.5 Å². The number of rotatable bonds is 9. The number of amides is 2. The van der Waals surface area contributed by atoms with E-state index in [2.05, 4.69) is 15.8 Å². The fourth-order valence-corrected chi connectivity index (χ4v) is 3.48. The van der Waals surface area contributed by atoms with E-state index in [1.54, 1.807) is 42.5 Å². The highest BCUT2D eigenvalue weighted by Gasteiger charge is 2.15. The van der Waals surface area contributed by atoms with Crippen LogP contribution in [-0.2, 0) is 4.79 Å². The maximum atomic E-state index is 12.3. The summed E-state index contributed by atoms with van der Waals surface area (Å²) in [6.45, 7) is -0.00993. The molecule has 8 heteroatoms. The van der Waals surface area contributed by atoms with E-state index in [9.17, 15) is 9.59 Å². The fourth-order valence-electron chi connectivity index (χ4n) is 3.48. The highest BCUT2D eigenvalue weighted by Crippen LogP contribution is 2.22. The zero-order valence-corrected chi connectivity index (χ0v) is 18.4. The van der Waals surface area contributed by atoms with Crippen molar-refractivity contribution in [1.82, 2.24) is 10.7 Å². The summed E-state index contributed by atoms with van der Waals surface area (Å²) in [6, 6.07) is 12.2. The van der Waals surface area contributed by atoms with Crippen molar-refractivity contribution in [2.75, 3.05) is 20.8 Å². The number of nitrogens with zero attached hydrogens (tertiary/aromatic N) is 1. The van der Waals surface area contributed by atoms with Crippen molar-refractivity contribution < 1.29 is 23.8 Å². The zero-order chi connectivity index (χ0) is 22.8. The first-order valence-corrected chi connectivity index (χ1v) is 10.7. The van der Waals surface area contributed by atoms with Crippen molar-refractivity contribution in [2.24, 2.45) is 5.10 Å². The number of carbonyl (C=O) groups is 2. The Morgan fingerprint density at radius 3 is 2.25 bits per heavy atom. The minimum absolute atomic E-state index is 0.00993. The molecule has 0 aromatic heterocycles. The lowest BCUT2D eigenvalue weighted by molar-refractivity contribution is -0.124. The number of carbonyl (C=O) groups excluding carboxylic acids is 2. The Hall–Kier alpha value is -3.55. The molecule has 1 fully saturated rings. The quantitative estimate of drug-likeness (QED) is 0.462. The van der Waals surface area contributed by atoms with E-state index in [0.29, 0.717) is 22.8 Å². The number of hydrogen-bond acceptors (Lipinski definition) is 6. The van der Waals surface area contributed by atoms with Crippen molar-refractivity contribution in [3.05, 3.63) is 53.6 Å². The Kier molecular flexibility index (Phi) is 8.48. The summed E-state index contributed by atoms with van der Waals surface area (Å²) >= 11 is 0. The molecule has 3 rings (SSSR count). The first kappa shape index (κ1) is 23.1. The van der Waals surface area contributed by atoms with Gasteiger partial charge in [0.1, 0.15) is 17.2 Å². The van der Waals surface area contributed by atoms with E-state index >= 15 is 0 Å². The Bertz CT molecular complexity index is 915. The first-order chi connectivity index (χ1) is 15.6. The summed E-state index contributed by atoms with van der Waals surface area (Å²) in [5.74, 6) is 1.14. The average molecular weight is 440 g/mol. The predicted molar refractivity (Wildman–Crippen MR) is 122 cm³/mol. The van der Waals surface area contributed by atoms with Gasteiger partial charge in [0, 0.05) is 17.7 Å². The molecule has 0 aliphatic heterocycles. The molecule has 170 valence electrons. The normalized spacial score (nSPS) is 14.1. The molecule has 2 N–H and O–H groups in total. The molecule has 1 saturated carbocycles. The predicted octanol–water partition coefficient (Wildman–Crippen LogP) is 3.30. The van der Waals surface area contributed by atoms with Crippen molar-refractivity contribution in [2.45, 2.75) is 38.1 Å². The minimum atomic E-state index is -0.387. The van der Waals surface area contributed by atoms with Crippen LogP contribution in [-0.4, -0.2) is 44.9 Å². The number of ether oxygens (including phenoxy) is 3. The molecule has 1 aliphatic rings. The minimum Gasteiger partial charge on any atom is -0.497 e. The van der Waals surface area contributed by atoms with Crippen LogP contribution in [0.15, 0.2) is 47.6 Å². The van der Waals surface area contributed by atoms with Crippen LogP contribution >= 0.6 is 0 Å². The van der Waals surface area contributed by atoms with Gasteiger partial charge in [0.2, 0.25) is 0 Å². The third-order valence-corrected chi connectivity index (χ3v) is 5.21. The lowest BCUT2D eigenvalue weighted by Gasteiger charge is -2.22. The Morgan fingerprint density at radius 2 is 1.62 bits per heavy atom. The van der Waals surface area contributed by atoms with Gasteiger partial charge in [-0.15, -0.1) is 0 Å². The Morgan fingerprint density at radius 1 is 0.969 bits per heavy atom. The van der Waals surface area contributed by atoms with Gasteiger partial charge in [-0.05, 0) is 54.8 Å². The fraction of sp³-hybridized carbons (Fsp3) is 0.375. The molecular formula is C24H29N3O5. The zero-order valence-electron chi connectivity index (χ0n) is 18.4. The second-order valence-corrected chi connectivity index (χ2v) is 7.56. The SMILES string of the molecule is COc1cc(OC)cc(C(=O)N/N=C/c2ccc(OCC(=O)NC3CCCCC3)cc2)c1. The molecule has 2 amide bonds. The van der Waals surface area contributed by atoms with Crippen molar-refractivity contribution in [1.29, 1.82) is 0 Å². The summed E-state index contributed by atoms with van der Waals surface area (Å²) in [5.41, 5.74) is 3.62. The van der Waals surface area contributed by atoms with E-state index in [4.69, 9.17) is 14.2 Å². The summed E-state index contributed by atoms with van der Waals surface area (Å²) in [7, 11) is 3.04. The molecule has 8 nitrogen and oxygen atoms in total. The third-order valence-electron chi connectivity index (χ3n) is 5.21. The molecule has 2 aromatic rings. The maximum Gasteiger partial charge on any atom is 0.271 e. The topological polar surface area (TPSA) is 98.2 Å². The maximum absolute atomic E-state index is 12.3. The third kappa shape index (κ3) is 7.01. The summed E-state index contributed by atoms with van der Waals surface area (Å²) in [6.07, 6.45) is 7.20. The largest absolute Gasteiger partial charge is 0.497 e. The molecule has 0 saturated heterocycles. The van der Waals surface area contributed by atoms with Crippen LogP contribution in [0.3, 0.4) is 0 Å². The lowest BCUT2D eigenvalue weighted by atomic mass is 9.95. The van der Waals surface area contributed by atoms with Gasteiger partial charge < -0.3 is 19.5 Å². The summed E-state index contributed by atoms with van der Waals surface area (Å²) in [4.78, 5) is 24.4. The molecule has 0 atom stereocenters. The monoisotopic (exact) mass is 439 g/mol.